The summed E-state index contributed by atoms with van der Waals surface area (Å²) in [5.41, 5.74) is 3.12. The molecule has 0 aliphatic heterocycles. The number of nitrogens with one attached hydrogen (secondary N) is 1. The topological polar surface area (TPSA) is 86.8 Å². The van der Waals surface area contributed by atoms with Gasteiger partial charge in [-0.05, 0) is 68.7 Å². The van der Waals surface area contributed by atoms with E-state index in [-0.39, 0.29) is 17.3 Å². The van der Waals surface area contributed by atoms with Gasteiger partial charge in [-0.25, -0.2) is 8.42 Å². The largest absolute Gasteiger partial charge is 0.354 e. The number of rotatable bonds is 11. The van der Waals surface area contributed by atoms with E-state index < -0.39 is 28.5 Å². The predicted molar refractivity (Wildman–Crippen MR) is 154 cm³/mol. The van der Waals surface area contributed by atoms with Crippen LogP contribution in [0, 0.1) is 13.8 Å². The average molecular weight is 601 g/mol. The molecule has 3 aromatic rings. The van der Waals surface area contributed by atoms with Crippen molar-refractivity contribution in [3.05, 3.63) is 94.0 Å². The van der Waals surface area contributed by atoms with E-state index in [0.717, 1.165) is 27.4 Å². The highest BCUT2D eigenvalue weighted by atomic mass is 79.9. The van der Waals surface area contributed by atoms with Crippen molar-refractivity contribution in [2.45, 2.75) is 51.6 Å². The molecule has 0 saturated heterocycles. The van der Waals surface area contributed by atoms with Crippen LogP contribution >= 0.6 is 15.9 Å². The Morgan fingerprint density at radius 2 is 1.66 bits per heavy atom. The van der Waals surface area contributed by atoms with Gasteiger partial charge in [0.1, 0.15) is 12.6 Å². The summed E-state index contributed by atoms with van der Waals surface area (Å²) in [4.78, 5) is 28.4. The van der Waals surface area contributed by atoms with Crippen LogP contribution in [0.3, 0.4) is 0 Å². The first-order valence-corrected chi connectivity index (χ1v) is 14.7. The van der Waals surface area contributed by atoms with Crippen LogP contribution in [0.4, 0.5) is 5.69 Å². The summed E-state index contributed by atoms with van der Waals surface area (Å²) >= 11 is 3.41. The molecule has 0 aliphatic carbocycles. The van der Waals surface area contributed by atoms with Crippen LogP contribution < -0.4 is 9.62 Å². The fourth-order valence-corrected chi connectivity index (χ4v) is 5.74. The molecule has 0 heterocycles. The van der Waals surface area contributed by atoms with Gasteiger partial charge >= 0.3 is 0 Å². The predicted octanol–water partition coefficient (Wildman–Crippen LogP) is 5.20. The van der Waals surface area contributed by atoms with Gasteiger partial charge in [0.05, 0.1) is 10.6 Å². The number of nitrogens with zero attached hydrogens (tertiary/aromatic N) is 2. The number of hydrogen-bond donors (Lipinski definition) is 1. The smallest absolute Gasteiger partial charge is 0.264 e. The van der Waals surface area contributed by atoms with Gasteiger partial charge in [0.2, 0.25) is 11.8 Å². The lowest BCUT2D eigenvalue weighted by Gasteiger charge is -2.32. The van der Waals surface area contributed by atoms with E-state index in [2.05, 4.69) is 21.2 Å². The zero-order valence-corrected chi connectivity index (χ0v) is 24.6. The second-order valence-corrected chi connectivity index (χ2v) is 12.0. The van der Waals surface area contributed by atoms with Gasteiger partial charge in [0.25, 0.3) is 10.0 Å². The maximum atomic E-state index is 13.9. The Bertz CT molecular complexity index is 1380. The number of aryl methyl sites for hydroxylation is 2. The van der Waals surface area contributed by atoms with Crippen molar-refractivity contribution in [2.24, 2.45) is 0 Å². The third-order valence-corrected chi connectivity index (χ3v) is 8.58. The van der Waals surface area contributed by atoms with Crippen LogP contribution in [0.2, 0.25) is 0 Å². The van der Waals surface area contributed by atoms with Crippen LogP contribution in [0.25, 0.3) is 0 Å². The van der Waals surface area contributed by atoms with E-state index in [1.165, 1.54) is 17.0 Å². The van der Waals surface area contributed by atoms with Crippen molar-refractivity contribution >= 4 is 43.5 Å². The summed E-state index contributed by atoms with van der Waals surface area (Å²) in [7, 11) is -4.09. The number of amides is 2. The number of sulfonamides is 1. The third kappa shape index (κ3) is 7.23. The van der Waals surface area contributed by atoms with E-state index >= 15 is 0 Å². The van der Waals surface area contributed by atoms with Crippen LogP contribution in [-0.4, -0.2) is 44.3 Å². The van der Waals surface area contributed by atoms with Crippen molar-refractivity contribution in [2.75, 3.05) is 17.4 Å². The van der Waals surface area contributed by atoms with Crippen LogP contribution in [0.1, 0.15) is 37.0 Å². The average Bonchev–Trinajstić information content (AvgIpc) is 2.89. The summed E-state index contributed by atoms with van der Waals surface area (Å²) in [6.45, 7) is 7.62. The van der Waals surface area contributed by atoms with Gasteiger partial charge in [-0.1, -0.05) is 70.9 Å². The Morgan fingerprint density at radius 1 is 0.974 bits per heavy atom. The molecular formula is C29H34BrN3O4S. The number of hydrogen-bond acceptors (Lipinski definition) is 4. The molecule has 3 rings (SSSR count). The normalized spacial score (nSPS) is 12.0. The first kappa shape index (κ1) is 29.4. The van der Waals surface area contributed by atoms with Gasteiger partial charge in [0.15, 0.2) is 0 Å². The fourth-order valence-electron chi connectivity index (χ4n) is 3.95. The van der Waals surface area contributed by atoms with Crippen LogP contribution in [0.5, 0.6) is 0 Å². The first-order chi connectivity index (χ1) is 18.0. The van der Waals surface area contributed by atoms with Crippen molar-refractivity contribution in [3.8, 4) is 0 Å². The molecule has 7 nitrogen and oxygen atoms in total. The van der Waals surface area contributed by atoms with Gasteiger partial charge in [0, 0.05) is 17.6 Å². The Kier molecular flexibility index (Phi) is 10.1. The molecule has 38 heavy (non-hydrogen) atoms. The summed E-state index contributed by atoms with van der Waals surface area (Å²) in [6.07, 6.45) is 0.760. The van der Waals surface area contributed by atoms with E-state index in [0.29, 0.717) is 16.7 Å². The highest BCUT2D eigenvalue weighted by Gasteiger charge is 2.32. The Labute approximate surface area is 234 Å². The molecule has 1 atom stereocenters. The highest BCUT2D eigenvalue weighted by Crippen LogP contribution is 2.27. The number of halogens is 1. The maximum absolute atomic E-state index is 13.9. The minimum Gasteiger partial charge on any atom is -0.354 e. The van der Waals surface area contributed by atoms with E-state index in [9.17, 15) is 18.0 Å². The molecule has 0 spiro atoms. The Morgan fingerprint density at radius 3 is 2.29 bits per heavy atom. The summed E-state index contributed by atoms with van der Waals surface area (Å²) < 4.78 is 29.4. The molecule has 9 heteroatoms. The Hall–Kier alpha value is -3.17. The minimum atomic E-state index is -4.09. The molecule has 0 bridgehead atoms. The van der Waals surface area contributed by atoms with E-state index in [1.54, 1.807) is 43.3 Å². The molecule has 0 radical (unpaired) electrons. The monoisotopic (exact) mass is 599 g/mol. The van der Waals surface area contributed by atoms with E-state index in [1.807, 2.05) is 45.0 Å². The third-order valence-electron chi connectivity index (χ3n) is 6.30. The number of anilines is 1. The maximum Gasteiger partial charge on any atom is 0.264 e. The summed E-state index contributed by atoms with van der Waals surface area (Å²) in [5.74, 6) is -0.771. The van der Waals surface area contributed by atoms with Gasteiger partial charge < -0.3 is 10.2 Å². The number of benzene rings is 3. The van der Waals surface area contributed by atoms with Gasteiger partial charge in [-0.15, -0.1) is 0 Å². The standard InChI is InChI=1S/C29H34BrN3O4S/c1-5-17-31-29(35)23(4)32(19-24-10-7-6-9-22(24)3)28(34)20-33(26-12-8-11-25(30)18-26)38(36,37)27-15-13-21(2)14-16-27/h6-16,18,23H,5,17,19-20H2,1-4H3,(H,31,35)/t23-/m1/s1. The zero-order chi connectivity index (χ0) is 27.9. The molecule has 0 aromatic heterocycles. The molecule has 3 aromatic carbocycles. The summed E-state index contributed by atoms with van der Waals surface area (Å²) in [5, 5.41) is 2.85. The molecular weight excluding hydrogens is 566 g/mol. The molecule has 0 saturated carbocycles. The second kappa shape index (κ2) is 13.1. The van der Waals surface area contributed by atoms with Crippen molar-refractivity contribution in [3.63, 3.8) is 0 Å². The van der Waals surface area contributed by atoms with Crippen LogP contribution in [0.15, 0.2) is 82.2 Å². The number of carbonyl (C=O) groups excluding carboxylic acids is 2. The molecule has 2 amide bonds. The van der Waals surface area contributed by atoms with Crippen molar-refractivity contribution in [1.29, 1.82) is 0 Å². The molecule has 0 fully saturated rings. The van der Waals surface area contributed by atoms with Crippen LogP contribution in [-0.2, 0) is 26.2 Å². The quantitative estimate of drug-likeness (QED) is 0.328. The number of carbonyl (C=O) groups is 2. The minimum absolute atomic E-state index is 0.0788. The molecule has 202 valence electrons. The lowest BCUT2D eigenvalue weighted by atomic mass is 10.1. The molecule has 0 aliphatic rings. The summed E-state index contributed by atoms with van der Waals surface area (Å²) in [6, 6.07) is 20.1. The first-order valence-electron chi connectivity index (χ1n) is 12.5. The van der Waals surface area contributed by atoms with Gasteiger partial charge in [-0.2, -0.15) is 0 Å². The second-order valence-electron chi connectivity index (χ2n) is 9.22. The highest BCUT2D eigenvalue weighted by molar-refractivity contribution is 9.10. The molecule has 1 N–H and O–H groups in total. The lowest BCUT2D eigenvalue weighted by Crippen LogP contribution is -2.51. The Balaban J connectivity index is 2.03. The SMILES string of the molecule is CCCNC(=O)[C@@H](C)N(Cc1ccccc1C)C(=O)CN(c1cccc(Br)c1)S(=O)(=O)c1ccc(C)cc1. The van der Waals surface area contributed by atoms with Crippen molar-refractivity contribution < 1.29 is 18.0 Å². The van der Waals surface area contributed by atoms with E-state index in [4.69, 9.17) is 0 Å². The lowest BCUT2D eigenvalue weighted by molar-refractivity contribution is -0.139. The zero-order valence-electron chi connectivity index (χ0n) is 22.1. The fraction of sp³-hybridized carbons (Fsp3) is 0.310. The molecule has 0 unspecified atom stereocenters. The van der Waals surface area contributed by atoms with Gasteiger partial charge in [-0.3, -0.25) is 13.9 Å². The van der Waals surface area contributed by atoms with Crippen molar-refractivity contribution in [1.82, 2.24) is 10.2 Å².